The van der Waals surface area contributed by atoms with Gasteiger partial charge in [-0.05, 0) is 35.1 Å². The Morgan fingerprint density at radius 3 is 2.67 bits per heavy atom. The first-order valence-corrected chi connectivity index (χ1v) is 6.35. The molecule has 2 aliphatic carbocycles. The predicted molar refractivity (Wildman–Crippen MR) is 69.2 cm³/mol. The summed E-state index contributed by atoms with van der Waals surface area (Å²) < 4.78 is 0. The summed E-state index contributed by atoms with van der Waals surface area (Å²) in [5, 5.41) is 21.4. The number of aliphatic hydroxyl groups excluding tert-OH is 1. The van der Waals surface area contributed by atoms with Gasteiger partial charge in [-0.25, -0.2) is 0 Å². The lowest BCUT2D eigenvalue weighted by Crippen LogP contribution is -2.42. The monoisotopic (exact) mass is 238 g/mol. The van der Waals surface area contributed by atoms with E-state index in [1.165, 1.54) is 0 Å². The summed E-state index contributed by atoms with van der Waals surface area (Å²) in [7, 11) is 0. The van der Waals surface area contributed by atoms with Crippen molar-refractivity contribution in [3.8, 4) is 11.1 Å². The molecule has 0 saturated carbocycles. The van der Waals surface area contributed by atoms with E-state index in [9.17, 15) is 10.2 Å². The largest absolute Gasteiger partial charge is 0.389 e. The molecule has 2 heteroatoms. The number of benzene rings is 2. The molecule has 4 rings (SSSR count). The van der Waals surface area contributed by atoms with Gasteiger partial charge in [0.15, 0.2) is 0 Å². The predicted octanol–water partition coefficient (Wildman–Crippen LogP) is 2.21. The van der Waals surface area contributed by atoms with Crippen molar-refractivity contribution in [1.29, 1.82) is 0 Å². The quantitative estimate of drug-likeness (QED) is 0.738. The van der Waals surface area contributed by atoms with Gasteiger partial charge in [-0.1, -0.05) is 42.5 Å². The zero-order chi connectivity index (χ0) is 12.3. The lowest BCUT2D eigenvalue weighted by Gasteiger charge is -2.36. The van der Waals surface area contributed by atoms with Gasteiger partial charge in [0.05, 0.1) is 6.10 Å². The van der Waals surface area contributed by atoms with Gasteiger partial charge in [-0.3, -0.25) is 0 Å². The molecule has 0 aromatic heterocycles. The smallest absolute Gasteiger partial charge is 0.142 e. The highest BCUT2D eigenvalue weighted by Gasteiger charge is 2.50. The van der Waals surface area contributed by atoms with Crippen LogP contribution in [0, 0.1) is 0 Å². The first kappa shape index (κ1) is 10.3. The average Bonchev–Trinajstić information content (AvgIpc) is 2.68. The van der Waals surface area contributed by atoms with E-state index in [2.05, 4.69) is 6.07 Å². The molecular weight excluding hydrogens is 224 g/mol. The van der Waals surface area contributed by atoms with Gasteiger partial charge in [-0.15, -0.1) is 0 Å². The first-order valence-electron chi connectivity index (χ1n) is 6.35. The molecule has 0 spiro atoms. The van der Waals surface area contributed by atoms with Gasteiger partial charge in [0, 0.05) is 5.56 Å². The fourth-order valence-electron chi connectivity index (χ4n) is 3.52. The highest BCUT2D eigenvalue weighted by atomic mass is 16.3. The Balaban J connectivity index is 2.16. The maximum Gasteiger partial charge on any atom is 0.142 e. The Morgan fingerprint density at radius 1 is 1.00 bits per heavy atom. The molecule has 0 bridgehead atoms. The molecule has 0 radical (unpaired) electrons. The maximum absolute atomic E-state index is 11.1. The van der Waals surface area contributed by atoms with E-state index in [0.717, 1.165) is 34.2 Å². The van der Waals surface area contributed by atoms with Crippen molar-refractivity contribution in [2.24, 2.45) is 0 Å². The van der Waals surface area contributed by atoms with Crippen LogP contribution in [0.15, 0.2) is 42.5 Å². The average molecular weight is 238 g/mol. The van der Waals surface area contributed by atoms with Crippen molar-refractivity contribution in [2.45, 2.75) is 24.5 Å². The Morgan fingerprint density at radius 2 is 1.78 bits per heavy atom. The number of hydrogen-bond acceptors (Lipinski definition) is 2. The van der Waals surface area contributed by atoms with E-state index in [-0.39, 0.29) is 0 Å². The van der Waals surface area contributed by atoms with Gasteiger partial charge in [0.1, 0.15) is 5.60 Å². The standard InChI is InChI=1S/C16H14O2/c17-14-9-8-10-4-3-6-12-11-5-1-2-7-13(11)16(14,18)15(10)12/h1-7,14,17-18H,8-9H2/t14-,16-/m1/s1. The second kappa shape index (κ2) is 3.22. The van der Waals surface area contributed by atoms with E-state index in [0.29, 0.717) is 6.42 Å². The van der Waals surface area contributed by atoms with E-state index >= 15 is 0 Å². The van der Waals surface area contributed by atoms with Crippen molar-refractivity contribution in [2.75, 3.05) is 0 Å². The third-order valence-electron chi connectivity index (χ3n) is 4.33. The number of fused-ring (bicyclic) bond motifs is 3. The van der Waals surface area contributed by atoms with Crippen molar-refractivity contribution in [1.82, 2.24) is 0 Å². The van der Waals surface area contributed by atoms with Crippen LogP contribution in [0.1, 0.15) is 23.1 Å². The summed E-state index contributed by atoms with van der Waals surface area (Å²) in [5.41, 5.74) is 3.85. The summed E-state index contributed by atoms with van der Waals surface area (Å²) in [6, 6.07) is 14.0. The summed E-state index contributed by atoms with van der Waals surface area (Å²) in [6.07, 6.45) is 0.733. The van der Waals surface area contributed by atoms with Crippen molar-refractivity contribution in [3.05, 3.63) is 59.2 Å². The summed E-state index contributed by atoms with van der Waals surface area (Å²) in [6.45, 7) is 0. The number of aliphatic hydroxyl groups is 2. The molecule has 18 heavy (non-hydrogen) atoms. The molecule has 2 nitrogen and oxygen atoms in total. The third-order valence-corrected chi connectivity index (χ3v) is 4.33. The van der Waals surface area contributed by atoms with E-state index in [1.54, 1.807) is 0 Å². The first-order chi connectivity index (χ1) is 8.73. The Kier molecular flexibility index (Phi) is 1.84. The van der Waals surface area contributed by atoms with Gasteiger partial charge in [-0.2, -0.15) is 0 Å². The third kappa shape index (κ3) is 1.01. The molecular formula is C16H14O2. The van der Waals surface area contributed by atoms with Crippen LogP contribution in [0.2, 0.25) is 0 Å². The molecule has 2 aromatic carbocycles. The van der Waals surface area contributed by atoms with E-state index in [4.69, 9.17) is 0 Å². The van der Waals surface area contributed by atoms with Crippen LogP contribution in [-0.2, 0) is 12.0 Å². The second-order valence-corrected chi connectivity index (χ2v) is 5.21. The lowest BCUT2D eigenvalue weighted by molar-refractivity contribution is -0.0566. The molecule has 0 amide bonds. The van der Waals surface area contributed by atoms with Crippen LogP contribution in [0.5, 0.6) is 0 Å². The lowest BCUT2D eigenvalue weighted by atomic mass is 9.76. The highest BCUT2D eigenvalue weighted by Crippen LogP contribution is 2.53. The van der Waals surface area contributed by atoms with Crippen LogP contribution in [0.4, 0.5) is 0 Å². The number of rotatable bonds is 0. The van der Waals surface area contributed by atoms with Crippen LogP contribution in [-0.4, -0.2) is 16.3 Å². The molecule has 2 N–H and O–H groups in total. The highest BCUT2D eigenvalue weighted by molar-refractivity contribution is 5.82. The summed E-state index contributed by atoms with van der Waals surface area (Å²) in [5.74, 6) is 0. The molecule has 0 unspecified atom stereocenters. The van der Waals surface area contributed by atoms with Crippen molar-refractivity contribution < 1.29 is 10.2 Å². The van der Waals surface area contributed by atoms with Crippen LogP contribution in [0.25, 0.3) is 11.1 Å². The molecule has 0 aliphatic heterocycles. The molecule has 0 fully saturated rings. The Bertz CT molecular complexity index is 647. The van der Waals surface area contributed by atoms with Gasteiger partial charge in [0.25, 0.3) is 0 Å². The molecule has 90 valence electrons. The maximum atomic E-state index is 11.1. The van der Waals surface area contributed by atoms with Gasteiger partial charge >= 0.3 is 0 Å². The zero-order valence-electron chi connectivity index (χ0n) is 9.93. The zero-order valence-corrected chi connectivity index (χ0v) is 9.93. The van der Waals surface area contributed by atoms with Gasteiger partial charge in [0.2, 0.25) is 0 Å². The summed E-state index contributed by atoms with van der Waals surface area (Å²) >= 11 is 0. The second-order valence-electron chi connectivity index (χ2n) is 5.21. The van der Waals surface area contributed by atoms with Gasteiger partial charge < -0.3 is 10.2 Å². The Labute approximate surface area is 106 Å². The molecule has 2 aliphatic rings. The molecule has 0 heterocycles. The SMILES string of the molecule is O[C@@H]1CCc2cccc3c2[C@@]1(O)c1ccccc1-3. The normalized spacial score (nSPS) is 27.8. The minimum absolute atomic E-state index is 0.612. The molecule has 2 aromatic rings. The van der Waals surface area contributed by atoms with Crippen molar-refractivity contribution >= 4 is 0 Å². The summed E-state index contributed by atoms with van der Waals surface area (Å²) in [4.78, 5) is 0. The topological polar surface area (TPSA) is 40.5 Å². The van der Waals surface area contributed by atoms with Crippen molar-refractivity contribution in [3.63, 3.8) is 0 Å². The van der Waals surface area contributed by atoms with E-state index in [1.807, 2.05) is 36.4 Å². The van der Waals surface area contributed by atoms with Crippen LogP contribution in [0.3, 0.4) is 0 Å². The van der Waals surface area contributed by atoms with Crippen LogP contribution >= 0.6 is 0 Å². The number of hydrogen-bond donors (Lipinski definition) is 2. The van der Waals surface area contributed by atoms with E-state index < -0.39 is 11.7 Å². The molecule has 2 atom stereocenters. The number of aryl methyl sites for hydroxylation is 1. The molecule has 0 saturated heterocycles. The fraction of sp³-hybridized carbons (Fsp3) is 0.250. The minimum Gasteiger partial charge on any atom is -0.389 e. The Hall–Kier alpha value is -1.64. The minimum atomic E-state index is -1.21. The van der Waals surface area contributed by atoms with Crippen LogP contribution < -0.4 is 0 Å². The fourth-order valence-corrected chi connectivity index (χ4v) is 3.52.